The fourth-order valence-corrected chi connectivity index (χ4v) is 3.19. The van der Waals surface area contributed by atoms with Gasteiger partial charge >= 0.3 is 0 Å². The van der Waals surface area contributed by atoms with Crippen LogP contribution < -0.4 is 5.32 Å². The lowest BCUT2D eigenvalue weighted by molar-refractivity contribution is 0.461. The number of nitrogens with one attached hydrogen (secondary N) is 1. The minimum Gasteiger partial charge on any atom is -0.316 e. The van der Waals surface area contributed by atoms with Gasteiger partial charge in [0, 0.05) is 16.3 Å². The predicted octanol–water partition coefficient (Wildman–Crippen LogP) is 2.83. The van der Waals surface area contributed by atoms with Crippen molar-refractivity contribution in [2.24, 2.45) is 0 Å². The zero-order chi connectivity index (χ0) is 9.26. The molecular weight excluding hydrogens is 178 g/mol. The third kappa shape index (κ3) is 1.94. The van der Waals surface area contributed by atoms with Gasteiger partial charge in [-0.1, -0.05) is 0 Å². The van der Waals surface area contributed by atoms with Gasteiger partial charge in [0.05, 0.1) is 0 Å². The zero-order valence-corrected chi connectivity index (χ0v) is 9.21. The van der Waals surface area contributed by atoms with E-state index in [1.165, 1.54) is 35.7 Å². The van der Waals surface area contributed by atoms with Gasteiger partial charge in [-0.05, 0) is 50.8 Å². The third-order valence-electron chi connectivity index (χ3n) is 2.82. The molecule has 0 radical (unpaired) electrons. The lowest BCUT2D eigenvalue weighted by Gasteiger charge is -2.22. The molecular formula is C11H17NS. The molecule has 0 spiro atoms. The molecule has 1 aromatic heterocycles. The normalized spacial score (nSPS) is 23.4. The lowest BCUT2D eigenvalue weighted by Crippen LogP contribution is -2.28. The van der Waals surface area contributed by atoms with Crippen LogP contribution in [0.4, 0.5) is 0 Å². The van der Waals surface area contributed by atoms with Crippen molar-refractivity contribution in [1.82, 2.24) is 5.32 Å². The summed E-state index contributed by atoms with van der Waals surface area (Å²) in [5.41, 5.74) is 1.59. The first-order valence-corrected chi connectivity index (χ1v) is 5.86. The molecule has 2 rings (SSSR count). The Morgan fingerprint density at radius 1 is 1.46 bits per heavy atom. The van der Waals surface area contributed by atoms with Crippen molar-refractivity contribution in [3.8, 4) is 0 Å². The molecule has 0 saturated carbocycles. The van der Waals surface area contributed by atoms with Crippen LogP contribution in [0.1, 0.15) is 34.1 Å². The summed E-state index contributed by atoms with van der Waals surface area (Å²) in [6.07, 6.45) is 2.70. The molecule has 1 aliphatic heterocycles. The largest absolute Gasteiger partial charge is 0.316 e. The quantitative estimate of drug-likeness (QED) is 0.726. The van der Waals surface area contributed by atoms with Crippen molar-refractivity contribution in [1.29, 1.82) is 0 Å². The van der Waals surface area contributed by atoms with E-state index in [0.29, 0.717) is 0 Å². The summed E-state index contributed by atoms with van der Waals surface area (Å²) in [4.78, 5) is 2.98. The van der Waals surface area contributed by atoms with E-state index in [0.717, 1.165) is 5.92 Å². The highest BCUT2D eigenvalue weighted by molar-refractivity contribution is 7.12. The van der Waals surface area contributed by atoms with Crippen LogP contribution >= 0.6 is 11.3 Å². The second-order valence-electron chi connectivity index (χ2n) is 3.91. The number of thiophene rings is 1. The van der Waals surface area contributed by atoms with E-state index in [9.17, 15) is 0 Å². The molecule has 0 bridgehead atoms. The minimum atomic E-state index is 0.777. The molecule has 1 unspecified atom stereocenters. The van der Waals surface area contributed by atoms with E-state index < -0.39 is 0 Å². The lowest BCUT2D eigenvalue weighted by atomic mass is 9.92. The van der Waals surface area contributed by atoms with Crippen molar-refractivity contribution in [3.05, 3.63) is 21.4 Å². The smallest absolute Gasteiger partial charge is 0.00523 e. The van der Waals surface area contributed by atoms with Gasteiger partial charge in [-0.2, -0.15) is 0 Å². The average molecular weight is 195 g/mol. The van der Waals surface area contributed by atoms with Crippen molar-refractivity contribution in [2.75, 3.05) is 13.1 Å². The molecule has 1 saturated heterocycles. The highest BCUT2D eigenvalue weighted by Crippen LogP contribution is 2.31. The highest BCUT2D eigenvalue weighted by atomic mass is 32.1. The van der Waals surface area contributed by atoms with Crippen molar-refractivity contribution < 1.29 is 0 Å². The van der Waals surface area contributed by atoms with E-state index >= 15 is 0 Å². The topological polar surface area (TPSA) is 12.0 Å². The summed E-state index contributed by atoms with van der Waals surface area (Å²) in [5, 5.41) is 3.47. The molecule has 0 amide bonds. The molecule has 1 N–H and O–H groups in total. The Hall–Kier alpha value is -0.340. The Balaban J connectivity index is 2.18. The predicted molar refractivity (Wildman–Crippen MR) is 58.6 cm³/mol. The van der Waals surface area contributed by atoms with E-state index in [1.54, 1.807) is 5.56 Å². The molecule has 1 aliphatic rings. The second-order valence-corrected chi connectivity index (χ2v) is 5.37. The van der Waals surface area contributed by atoms with Gasteiger partial charge in [-0.3, -0.25) is 0 Å². The van der Waals surface area contributed by atoms with Gasteiger partial charge in [0.25, 0.3) is 0 Å². The van der Waals surface area contributed by atoms with Crippen molar-refractivity contribution in [3.63, 3.8) is 0 Å². The molecule has 72 valence electrons. The maximum Gasteiger partial charge on any atom is 0.00523 e. The highest BCUT2D eigenvalue weighted by Gasteiger charge is 2.17. The Kier molecular flexibility index (Phi) is 2.70. The monoisotopic (exact) mass is 195 g/mol. The molecule has 1 atom stereocenters. The van der Waals surface area contributed by atoms with Crippen LogP contribution in [0, 0.1) is 13.8 Å². The van der Waals surface area contributed by atoms with Crippen LogP contribution in [0.3, 0.4) is 0 Å². The van der Waals surface area contributed by atoms with Gasteiger partial charge in [0.15, 0.2) is 0 Å². The molecule has 1 aromatic rings. The van der Waals surface area contributed by atoms with Crippen LogP contribution in [0.2, 0.25) is 0 Å². The Morgan fingerprint density at radius 3 is 2.85 bits per heavy atom. The van der Waals surface area contributed by atoms with E-state index in [-0.39, 0.29) is 0 Å². The first kappa shape index (κ1) is 9.22. The van der Waals surface area contributed by atoms with Crippen molar-refractivity contribution >= 4 is 11.3 Å². The zero-order valence-electron chi connectivity index (χ0n) is 8.39. The van der Waals surface area contributed by atoms with Crippen LogP contribution in [-0.2, 0) is 0 Å². The molecule has 1 fully saturated rings. The van der Waals surface area contributed by atoms with Gasteiger partial charge in [0.2, 0.25) is 0 Å². The van der Waals surface area contributed by atoms with E-state index in [1.807, 2.05) is 11.3 Å². The van der Waals surface area contributed by atoms with Gasteiger partial charge < -0.3 is 5.32 Å². The summed E-state index contributed by atoms with van der Waals surface area (Å²) in [5.74, 6) is 0.777. The molecule has 0 aliphatic carbocycles. The summed E-state index contributed by atoms with van der Waals surface area (Å²) in [6, 6.07) is 2.37. The first-order chi connectivity index (χ1) is 6.27. The van der Waals surface area contributed by atoms with Crippen LogP contribution in [0.5, 0.6) is 0 Å². The maximum atomic E-state index is 3.47. The summed E-state index contributed by atoms with van der Waals surface area (Å²) < 4.78 is 0. The summed E-state index contributed by atoms with van der Waals surface area (Å²) in [7, 11) is 0. The Labute approximate surface area is 84.2 Å². The summed E-state index contributed by atoms with van der Waals surface area (Å²) in [6.45, 7) is 6.84. The molecule has 0 aromatic carbocycles. The van der Waals surface area contributed by atoms with Gasteiger partial charge in [0.1, 0.15) is 0 Å². The Bertz CT molecular complexity index is 284. The van der Waals surface area contributed by atoms with Crippen LogP contribution in [0.15, 0.2) is 6.07 Å². The minimum absolute atomic E-state index is 0.777. The Morgan fingerprint density at radius 2 is 2.31 bits per heavy atom. The summed E-state index contributed by atoms with van der Waals surface area (Å²) >= 11 is 1.94. The maximum absolute atomic E-state index is 3.47. The fourth-order valence-electron chi connectivity index (χ4n) is 2.17. The van der Waals surface area contributed by atoms with E-state index in [2.05, 4.69) is 25.2 Å². The number of piperidine rings is 1. The second kappa shape index (κ2) is 3.81. The molecule has 13 heavy (non-hydrogen) atoms. The molecule has 1 nitrogen and oxygen atoms in total. The third-order valence-corrected chi connectivity index (χ3v) is 3.80. The first-order valence-electron chi connectivity index (χ1n) is 5.05. The molecule has 2 heterocycles. The molecule has 2 heteroatoms. The van der Waals surface area contributed by atoms with Gasteiger partial charge in [-0.15, -0.1) is 11.3 Å². The number of hydrogen-bond donors (Lipinski definition) is 1. The number of rotatable bonds is 1. The van der Waals surface area contributed by atoms with Crippen molar-refractivity contribution in [2.45, 2.75) is 32.6 Å². The van der Waals surface area contributed by atoms with Gasteiger partial charge in [-0.25, -0.2) is 0 Å². The number of hydrogen-bond acceptors (Lipinski definition) is 2. The average Bonchev–Trinajstić information content (AvgIpc) is 2.47. The SMILES string of the molecule is Cc1cc(C2CCCNC2)c(C)s1. The standard InChI is InChI=1S/C11H17NS/c1-8-6-11(9(2)13-8)10-4-3-5-12-7-10/h6,10,12H,3-5,7H2,1-2H3. The van der Waals surface area contributed by atoms with Crippen LogP contribution in [0.25, 0.3) is 0 Å². The van der Waals surface area contributed by atoms with E-state index in [4.69, 9.17) is 0 Å². The fraction of sp³-hybridized carbons (Fsp3) is 0.636. The van der Waals surface area contributed by atoms with Crippen LogP contribution in [-0.4, -0.2) is 13.1 Å². The number of aryl methyl sites for hydroxylation is 2.